The summed E-state index contributed by atoms with van der Waals surface area (Å²) >= 11 is 0. The van der Waals surface area contributed by atoms with E-state index < -0.39 is 11.9 Å². The van der Waals surface area contributed by atoms with Gasteiger partial charge in [0.1, 0.15) is 0 Å². The zero-order chi connectivity index (χ0) is 61.6. The fourth-order valence-electron chi connectivity index (χ4n) is 12.0. The third kappa shape index (κ3) is 12.6. The van der Waals surface area contributed by atoms with Gasteiger partial charge in [-0.15, -0.1) is 22.1 Å². The Kier molecular flexibility index (Phi) is 19.7. The van der Waals surface area contributed by atoms with Crippen molar-refractivity contribution in [2.75, 3.05) is 14.2 Å². The Balaban J connectivity index is 0.00000961. The zero-order valence-corrected chi connectivity index (χ0v) is 57.6. The molecule has 0 amide bonds. The van der Waals surface area contributed by atoms with Crippen LogP contribution in [0.2, 0.25) is 0 Å². The third-order valence-corrected chi connectivity index (χ3v) is 16.9. The van der Waals surface area contributed by atoms with Crippen molar-refractivity contribution in [3.63, 3.8) is 0 Å². The van der Waals surface area contributed by atoms with E-state index in [2.05, 4.69) is 209 Å². The largest absolute Gasteiger partial charge is 2.00 e. The molecule has 8 nitrogen and oxygen atoms in total. The number of benzene rings is 4. The fraction of sp³-hybridized carbons (Fsp3) is 0.377. The summed E-state index contributed by atoms with van der Waals surface area (Å²) in [5, 5.41) is 0. The average molecular weight is 1200 g/mol. The van der Waals surface area contributed by atoms with Gasteiger partial charge in [0.05, 0.1) is 48.1 Å². The maximum Gasteiger partial charge on any atom is 2.00 e. The van der Waals surface area contributed by atoms with Crippen molar-refractivity contribution in [3.8, 4) is 45.2 Å². The second kappa shape index (κ2) is 26.3. The van der Waals surface area contributed by atoms with Crippen LogP contribution in [0.3, 0.4) is 0 Å². The number of carbonyl (C=O) groups is 2. The first kappa shape index (κ1) is 64.6. The van der Waals surface area contributed by atoms with Gasteiger partial charge >= 0.3 is 31.4 Å². The Morgan fingerprint density at radius 2 is 0.663 bits per heavy atom. The molecule has 7 aromatic rings. The van der Waals surface area contributed by atoms with Crippen LogP contribution in [-0.2, 0) is 29.0 Å². The van der Waals surface area contributed by atoms with Crippen LogP contribution in [0.5, 0.6) is 0 Å². The molecule has 3 aromatic heterocycles. The summed E-state index contributed by atoms with van der Waals surface area (Å²) in [5.41, 5.74) is 25.1. The Morgan fingerprint density at radius 3 is 0.988 bits per heavy atom. The van der Waals surface area contributed by atoms with Gasteiger partial charge in [-0.25, -0.2) is 19.6 Å². The van der Waals surface area contributed by atoms with Crippen molar-refractivity contribution in [2.45, 2.75) is 178 Å². The number of rotatable bonds is 14. The first-order chi connectivity index (χ1) is 40.3. The number of hydrogen-bond acceptors (Lipinski definition) is 6. The van der Waals surface area contributed by atoms with Crippen LogP contribution in [0.4, 0.5) is 0 Å². The maximum atomic E-state index is 13.2. The molecule has 0 saturated heterocycles. The van der Waals surface area contributed by atoms with Crippen LogP contribution in [-0.4, -0.2) is 36.1 Å². The second-order valence-electron chi connectivity index (χ2n) is 26.0. The molecule has 0 aliphatic carbocycles. The molecule has 8 bridgehead atoms. The number of esters is 2. The molecule has 0 N–H and O–H groups in total. The van der Waals surface area contributed by atoms with E-state index in [0.29, 0.717) is 40.1 Å². The van der Waals surface area contributed by atoms with Crippen molar-refractivity contribution in [2.24, 2.45) is 0 Å². The van der Waals surface area contributed by atoms with Gasteiger partial charge < -0.3 is 19.4 Å². The van der Waals surface area contributed by atoms with Crippen LogP contribution in [0.15, 0.2) is 78.9 Å². The van der Waals surface area contributed by atoms with Gasteiger partial charge in [-0.1, -0.05) is 197 Å². The molecule has 0 fully saturated rings. The van der Waals surface area contributed by atoms with Crippen molar-refractivity contribution >= 4 is 58.3 Å². The summed E-state index contributed by atoms with van der Waals surface area (Å²) in [6.45, 7) is 41.2. The van der Waals surface area contributed by atoms with Crippen LogP contribution >= 0.6 is 0 Å². The smallest absolute Gasteiger partial charge is 0.657 e. The topological polar surface area (TPSA) is 107 Å². The molecule has 9 heteroatoms. The zero-order valence-electron chi connectivity index (χ0n) is 54.6. The van der Waals surface area contributed by atoms with Gasteiger partial charge in [-0.05, 0) is 179 Å². The van der Waals surface area contributed by atoms with Gasteiger partial charge in [0.25, 0.3) is 0 Å². The number of carbonyl (C=O) groups excluding carboxylic acids is 2. The van der Waals surface area contributed by atoms with Crippen LogP contribution < -0.4 is 9.97 Å². The van der Waals surface area contributed by atoms with Crippen molar-refractivity contribution in [3.05, 3.63) is 174 Å². The number of ether oxygens (including phenoxy) is 2. The first-order valence-electron chi connectivity index (χ1n) is 30.8. The summed E-state index contributed by atoms with van der Waals surface area (Å²) < 4.78 is 10.2. The van der Waals surface area contributed by atoms with E-state index in [9.17, 15) is 9.59 Å². The molecule has 0 atom stereocenters. The number of fused-ring (bicyclic) bond motifs is 8. The minimum Gasteiger partial charge on any atom is -0.657 e. The number of nitrogens with zero attached hydrogens (tertiary/aromatic N) is 4. The Labute approximate surface area is 525 Å². The van der Waals surface area contributed by atoms with Crippen molar-refractivity contribution < 1.29 is 38.5 Å². The molecule has 86 heavy (non-hydrogen) atoms. The molecule has 4 aromatic carbocycles. The van der Waals surface area contributed by atoms with E-state index >= 15 is 0 Å². The predicted octanol–water partition coefficient (Wildman–Crippen LogP) is 20.0. The van der Waals surface area contributed by atoms with Crippen LogP contribution in [0.1, 0.15) is 283 Å². The van der Waals surface area contributed by atoms with E-state index in [1.807, 2.05) is 12.1 Å². The minimum absolute atomic E-state index is 0. The summed E-state index contributed by atoms with van der Waals surface area (Å²) in [6, 6.07) is 27.9. The van der Waals surface area contributed by atoms with E-state index in [4.69, 9.17) is 29.4 Å². The summed E-state index contributed by atoms with van der Waals surface area (Å²) in [5.74, 6) is 7.58. The number of aromatic nitrogens is 4. The van der Waals surface area contributed by atoms with E-state index in [-0.39, 0.29) is 66.1 Å². The van der Waals surface area contributed by atoms with Gasteiger partial charge in [-0.2, -0.15) is 0 Å². The number of methoxy groups -OCH3 is 2. The van der Waals surface area contributed by atoms with Crippen molar-refractivity contribution in [1.29, 1.82) is 0 Å². The second-order valence-corrected chi connectivity index (χ2v) is 26.0. The minimum atomic E-state index is -0.675. The normalized spacial score (nSPS) is 12.2. The van der Waals surface area contributed by atoms with Gasteiger partial charge in [-0.3, -0.25) is 0 Å². The third-order valence-electron chi connectivity index (χ3n) is 16.9. The molecule has 0 radical (unpaired) electrons. The standard InChI is InChI=1S/C77H88N4O4.Zn/c1-40(2)50-34-55(43(7)8)70(56(35-50)44(9)10)73-64-27-25-62(78-64)54(24-22-49-21-23-53(76(82)84-19)61(33-49)77(83)85-20)63-26-28-65(79-63)74(71-57(45(11)12)36-51(41(3)4)37-58(71)46(13)14)67-30-32-69(81-67)75(68-31-29-66(73)80-68)72-59(47(15)16)38-52(42(5)6)39-60(72)48(17)18;/h21,23,25-48H,1-20H3,(H2,78,79,80,81,82,83);/q;+2/p-2. The van der Waals surface area contributed by atoms with E-state index in [1.54, 1.807) is 18.2 Å². The molecule has 2 aliphatic heterocycles. The molecule has 0 spiro atoms. The number of hydrogen-bond donors (Lipinski definition) is 0. The molecule has 440 valence electrons. The van der Waals surface area contributed by atoms with Gasteiger partial charge in [0, 0.05) is 11.1 Å². The quantitative estimate of drug-likeness (QED) is 0.0602. The molecule has 5 heterocycles. The molecular formula is C77H86N4O4Zn. The summed E-state index contributed by atoms with van der Waals surface area (Å²) in [4.78, 5) is 49.3. The summed E-state index contributed by atoms with van der Waals surface area (Å²) in [7, 11) is 2.57. The average Bonchev–Trinajstić information content (AvgIpc) is 1.53. The van der Waals surface area contributed by atoms with Crippen LogP contribution in [0.25, 0.3) is 79.8 Å². The van der Waals surface area contributed by atoms with Gasteiger partial charge in [0.2, 0.25) is 0 Å². The van der Waals surface area contributed by atoms with E-state index in [0.717, 1.165) is 61.4 Å². The van der Waals surface area contributed by atoms with Gasteiger partial charge in [0.15, 0.2) is 0 Å². The molecule has 0 saturated carbocycles. The molecule has 2 aliphatic rings. The van der Waals surface area contributed by atoms with Crippen LogP contribution in [0, 0.1) is 11.8 Å². The molecule has 0 unspecified atom stereocenters. The Hall–Kier alpha value is -7.40. The van der Waals surface area contributed by atoms with E-state index in [1.165, 1.54) is 69.9 Å². The maximum absolute atomic E-state index is 13.2. The first-order valence-corrected chi connectivity index (χ1v) is 30.8. The van der Waals surface area contributed by atoms with Crippen molar-refractivity contribution in [1.82, 2.24) is 19.9 Å². The molecular weight excluding hydrogens is 1110 g/mol. The fourth-order valence-corrected chi connectivity index (χ4v) is 12.0. The Bertz CT molecular complexity index is 3920. The summed E-state index contributed by atoms with van der Waals surface area (Å²) in [6.07, 6.45) is 8.57. The SMILES string of the molecule is COC(=O)c1ccc(C#Cc2c3nc(c(-c4c(C(C)C)cc(C(C)C)cc4C(C)C)c4ccc([n-]4)c(-c4c(C(C)C)cc(C(C)C)cc4C(C)C)c4nc(c(-c5c(C(C)C)cc(C(C)C)cc5C(C)C)c5ccc2[n-]5)C=C4)C=C3)cc1C(=O)OC.[Zn+2]. The monoisotopic (exact) mass is 1190 g/mol. The predicted molar refractivity (Wildman–Crippen MR) is 355 cm³/mol. The molecule has 9 rings (SSSR count). The Morgan fingerprint density at radius 1 is 0.360 bits per heavy atom.